The van der Waals surface area contributed by atoms with Crippen molar-refractivity contribution in [2.75, 3.05) is 26.2 Å². The van der Waals surface area contributed by atoms with Crippen LogP contribution in [0.5, 0.6) is 0 Å². The molecule has 7 heteroatoms. The topological polar surface area (TPSA) is 70.5 Å². The summed E-state index contributed by atoms with van der Waals surface area (Å²) in [6.45, 7) is 4.25. The van der Waals surface area contributed by atoms with Crippen LogP contribution in [0.3, 0.4) is 0 Å². The molecule has 1 saturated heterocycles. The maximum Gasteiger partial charge on any atom is 0.260 e. The predicted molar refractivity (Wildman–Crippen MR) is 114 cm³/mol. The number of amides is 1. The lowest BCUT2D eigenvalue weighted by Crippen LogP contribution is -3.13. The fraction of sp³-hybridized carbons (Fsp3) is 0.682. The molecule has 1 saturated carbocycles. The quantitative estimate of drug-likeness (QED) is 0.801. The van der Waals surface area contributed by atoms with Crippen molar-refractivity contribution in [3.63, 3.8) is 0 Å². The molecule has 1 amide bonds. The van der Waals surface area contributed by atoms with Crippen LogP contribution in [0.2, 0.25) is 0 Å². The van der Waals surface area contributed by atoms with E-state index in [1.807, 2.05) is 0 Å². The second kappa shape index (κ2) is 8.19. The van der Waals surface area contributed by atoms with Crippen LogP contribution in [0.1, 0.15) is 61.2 Å². The molecule has 3 heterocycles. The zero-order chi connectivity index (χ0) is 19.8. The number of aromatic amines is 1. The molecular formula is C22H31N4O2S+. The molecule has 1 aliphatic heterocycles. The van der Waals surface area contributed by atoms with Gasteiger partial charge in [0.2, 0.25) is 5.91 Å². The Morgan fingerprint density at radius 2 is 1.86 bits per heavy atom. The minimum Gasteiger partial charge on any atom is -0.331 e. The van der Waals surface area contributed by atoms with Crippen molar-refractivity contribution in [3.05, 3.63) is 26.6 Å². The second-order valence-electron chi connectivity index (χ2n) is 8.99. The monoisotopic (exact) mass is 415 g/mol. The number of fused-ring (bicyclic) bond motifs is 3. The molecular weight excluding hydrogens is 384 g/mol. The molecule has 6 nitrogen and oxygen atoms in total. The average Bonchev–Trinajstić information content (AvgIpc) is 3.13. The number of quaternary nitrogens is 1. The predicted octanol–water partition coefficient (Wildman–Crippen LogP) is 1.67. The Bertz CT molecular complexity index is 952. The van der Waals surface area contributed by atoms with Crippen molar-refractivity contribution < 1.29 is 9.69 Å². The molecule has 2 aromatic heterocycles. The van der Waals surface area contributed by atoms with Crippen LogP contribution in [-0.2, 0) is 24.2 Å². The fourth-order valence-corrected chi connectivity index (χ4v) is 6.64. The van der Waals surface area contributed by atoms with Crippen LogP contribution in [0.4, 0.5) is 0 Å². The van der Waals surface area contributed by atoms with Gasteiger partial charge in [-0.25, -0.2) is 4.98 Å². The molecule has 3 aliphatic rings. The van der Waals surface area contributed by atoms with Gasteiger partial charge in [0.05, 0.1) is 31.6 Å². The first-order valence-electron chi connectivity index (χ1n) is 11.3. The molecule has 2 aliphatic carbocycles. The average molecular weight is 416 g/mol. The molecule has 156 valence electrons. The largest absolute Gasteiger partial charge is 0.331 e. The van der Waals surface area contributed by atoms with Crippen molar-refractivity contribution in [2.45, 2.75) is 64.3 Å². The zero-order valence-corrected chi connectivity index (χ0v) is 17.9. The Morgan fingerprint density at radius 1 is 1.10 bits per heavy atom. The molecule has 0 bridgehead atoms. The van der Waals surface area contributed by atoms with Crippen LogP contribution < -0.4 is 10.5 Å². The first-order chi connectivity index (χ1) is 14.2. The molecule has 5 rings (SSSR count). The zero-order valence-electron chi connectivity index (χ0n) is 17.1. The van der Waals surface area contributed by atoms with E-state index < -0.39 is 0 Å². The Balaban J connectivity index is 1.24. The summed E-state index contributed by atoms with van der Waals surface area (Å²) < 4.78 is 0. The van der Waals surface area contributed by atoms with E-state index in [2.05, 4.69) is 9.88 Å². The Kier molecular flexibility index (Phi) is 5.43. The highest BCUT2D eigenvalue weighted by Gasteiger charge is 2.30. The van der Waals surface area contributed by atoms with Gasteiger partial charge in [0.1, 0.15) is 11.4 Å². The molecule has 0 atom stereocenters. The van der Waals surface area contributed by atoms with Crippen LogP contribution in [0.15, 0.2) is 4.79 Å². The van der Waals surface area contributed by atoms with E-state index >= 15 is 0 Å². The van der Waals surface area contributed by atoms with Gasteiger partial charge in [-0.05, 0) is 44.1 Å². The highest BCUT2D eigenvalue weighted by molar-refractivity contribution is 7.18. The number of nitrogens with one attached hydrogen (secondary N) is 2. The van der Waals surface area contributed by atoms with Gasteiger partial charge >= 0.3 is 0 Å². The summed E-state index contributed by atoms with van der Waals surface area (Å²) in [7, 11) is 0. The third-order valence-corrected chi connectivity index (χ3v) is 8.21. The number of hydrogen-bond donors (Lipinski definition) is 2. The van der Waals surface area contributed by atoms with Gasteiger partial charge in [-0.15, -0.1) is 11.3 Å². The van der Waals surface area contributed by atoms with E-state index in [1.54, 1.807) is 11.3 Å². The minimum atomic E-state index is 0.0370. The number of thiophene rings is 1. The first kappa shape index (κ1) is 19.2. The van der Waals surface area contributed by atoms with Crippen molar-refractivity contribution in [1.29, 1.82) is 0 Å². The smallest absolute Gasteiger partial charge is 0.260 e. The van der Waals surface area contributed by atoms with Crippen LogP contribution in [-0.4, -0.2) is 47.0 Å². The number of aryl methyl sites for hydroxylation is 2. The molecule has 29 heavy (non-hydrogen) atoms. The minimum absolute atomic E-state index is 0.0370. The number of nitrogens with zero attached hydrogens (tertiary/aromatic N) is 2. The highest BCUT2D eigenvalue weighted by atomic mass is 32.1. The van der Waals surface area contributed by atoms with Crippen LogP contribution in [0.25, 0.3) is 10.2 Å². The lowest BCUT2D eigenvalue weighted by Gasteiger charge is -2.34. The SMILES string of the molecule is O=C(C1CCCCC1)N1CC[NH+](Cc2nc3sc4c(c3c(=O)[nH]2)CCCC4)CC1. The second-order valence-corrected chi connectivity index (χ2v) is 10.1. The Morgan fingerprint density at radius 3 is 2.66 bits per heavy atom. The van der Waals surface area contributed by atoms with Gasteiger partial charge < -0.3 is 14.8 Å². The van der Waals surface area contributed by atoms with Gasteiger partial charge in [-0.2, -0.15) is 0 Å². The lowest BCUT2D eigenvalue weighted by molar-refractivity contribution is -0.918. The summed E-state index contributed by atoms with van der Waals surface area (Å²) in [6.07, 6.45) is 10.3. The lowest BCUT2D eigenvalue weighted by atomic mass is 9.88. The van der Waals surface area contributed by atoms with Crippen molar-refractivity contribution >= 4 is 27.5 Å². The number of carbonyl (C=O) groups is 1. The van der Waals surface area contributed by atoms with Gasteiger partial charge in [0, 0.05) is 10.8 Å². The summed E-state index contributed by atoms with van der Waals surface area (Å²) in [5.74, 6) is 1.43. The molecule has 0 unspecified atom stereocenters. The molecule has 0 radical (unpaired) electrons. The number of rotatable bonds is 3. The maximum atomic E-state index is 12.8. The Labute approximate surface area is 175 Å². The molecule has 0 spiro atoms. The van der Waals surface area contributed by atoms with E-state index in [-0.39, 0.29) is 11.5 Å². The number of carbonyl (C=O) groups excluding carboxylic acids is 1. The molecule has 0 aromatic carbocycles. The van der Waals surface area contributed by atoms with E-state index in [9.17, 15) is 9.59 Å². The third-order valence-electron chi connectivity index (χ3n) is 7.03. The van der Waals surface area contributed by atoms with E-state index in [0.29, 0.717) is 5.91 Å². The summed E-state index contributed by atoms with van der Waals surface area (Å²) in [5, 5.41) is 0.839. The number of aromatic nitrogens is 2. The number of piperazine rings is 1. The van der Waals surface area contributed by atoms with Gasteiger partial charge in [0.25, 0.3) is 5.56 Å². The van der Waals surface area contributed by atoms with E-state index in [1.165, 1.54) is 47.4 Å². The molecule has 2 N–H and O–H groups in total. The van der Waals surface area contributed by atoms with Gasteiger partial charge in [-0.3, -0.25) is 9.59 Å². The summed E-state index contributed by atoms with van der Waals surface area (Å²) in [5.41, 5.74) is 1.29. The van der Waals surface area contributed by atoms with Gasteiger partial charge in [-0.1, -0.05) is 19.3 Å². The van der Waals surface area contributed by atoms with Crippen LogP contribution >= 0.6 is 11.3 Å². The van der Waals surface area contributed by atoms with Crippen molar-refractivity contribution in [3.8, 4) is 0 Å². The molecule has 2 fully saturated rings. The van der Waals surface area contributed by atoms with Crippen molar-refractivity contribution in [1.82, 2.24) is 14.9 Å². The third kappa shape index (κ3) is 3.87. The van der Waals surface area contributed by atoms with E-state index in [0.717, 1.165) is 74.4 Å². The van der Waals surface area contributed by atoms with Gasteiger partial charge in [0.15, 0.2) is 5.82 Å². The summed E-state index contributed by atoms with van der Waals surface area (Å²) in [4.78, 5) is 39.1. The number of hydrogen-bond acceptors (Lipinski definition) is 4. The first-order valence-corrected chi connectivity index (χ1v) is 12.2. The molecule has 2 aromatic rings. The number of H-pyrrole nitrogens is 1. The summed E-state index contributed by atoms with van der Waals surface area (Å²) in [6, 6.07) is 0. The highest BCUT2D eigenvalue weighted by Crippen LogP contribution is 2.33. The Hall–Kier alpha value is -1.73. The fourth-order valence-electron chi connectivity index (χ4n) is 5.36. The summed E-state index contributed by atoms with van der Waals surface area (Å²) >= 11 is 1.72. The normalized spacial score (nSPS) is 21.4. The standard InChI is InChI=1S/C22H30N4O2S/c27-20-19-16-8-4-5-9-17(16)29-21(19)24-18(23-20)14-25-10-12-26(13-11-25)22(28)15-6-2-1-3-7-15/h15H,1-14H2,(H,23,24,27)/p+1. The van der Waals surface area contributed by atoms with E-state index in [4.69, 9.17) is 4.98 Å². The van der Waals surface area contributed by atoms with Crippen LogP contribution in [0, 0.1) is 5.92 Å². The maximum absolute atomic E-state index is 12.8. The van der Waals surface area contributed by atoms with Crippen molar-refractivity contribution in [2.24, 2.45) is 5.92 Å².